The average Bonchev–Trinajstić information content (AvgIpc) is 3.16. The fourth-order valence-corrected chi connectivity index (χ4v) is 4.53. The summed E-state index contributed by atoms with van der Waals surface area (Å²) in [4.78, 5) is 31.2. The molecule has 0 fully saturated rings. The van der Waals surface area contributed by atoms with Gasteiger partial charge in [0.2, 0.25) is 0 Å². The van der Waals surface area contributed by atoms with Crippen LogP contribution in [0.25, 0.3) is 10.2 Å². The summed E-state index contributed by atoms with van der Waals surface area (Å²) >= 11 is 4.75. The lowest BCUT2D eigenvalue weighted by Gasteiger charge is -2.06. The first-order chi connectivity index (χ1) is 12.0. The molecule has 3 aromatic rings. The molecule has 1 aliphatic rings. The van der Waals surface area contributed by atoms with Crippen LogP contribution in [0.5, 0.6) is 0 Å². The zero-order chi connectivity index (χ0) is 17.7. The molecule has 25 heavy (non-hydrogen) atoms. The zero-order valence-electron chi connectivity index (χ0n) is 13.9. The van der Waals surface area contributed by atoms with Gasteiger partial charge in [-0.1, -0.05) is 15.9 Å². The van der Waals surface area contributed by atoms with E-state index < -0.39 is 0 Å². The third kappa shape index (κ3) is 2.71. The Morgan fingerprint density at radius 2 is 2.16 bits per heavy atom. The predicted molar refractivity (Wildman–Crippen MR) is 104 cm³/mol. The molecule has 1 amide bonds. The lowest BCUT2D eigenvalue weighted by Crippen LogP contribution is -2.20. The van der Waals surface area contributed by atoms with Crippen LogP contribution in [0.1, 0.15) is 33.0 Å². The molecular formula is C18H16BrN3O2S. The summed E-state index contributed by atoms with van der Waals surface area (Å²) in [7, 11) is 0. The summed E-state index contributed by atoms with van der Waals surface area (Å²) in [5.74, 6) is 0.626. The van der Waals surface area contributed by atoms with E-state index in [2.05, 4.69) is 26.2 Å². The number of amides is 1. The van der Waals surface area contributed by atoms with Crippen LogP contribution in [-0.4, -0.2) is 15.5 Å². The first-order valence-electron chi connectivity index (χ1n) is 8.06. The van der Waals surface area contributed by atoms with Gasteiger partial charge in [0.15, 0.2) is 0 Å². The molecule has 2 aromatic heterocycles. The standard InChI is InChI=1S/C18H16BrN3O2S/c1-9-8-11(5-6-12(9)19)20-16(23)15-10(2)14-17(25-15)21-13-4-3-7-22(13)18(14)24/h5-6,8H,3-4,7H2,1-2H3,(H,20,23). The van der Waals surface area contributed by atoms with Crippen LogP contribution in [0, 0.1) is 13.8 Å². The van der Waals surface area contributed by atoms with Crippen molar-refractivity contribution in [2.75, 3.05) is 5.32 Å². The molecule has 0 bridgehead atoms. The summed E-state index contributed by atoms with van der Waals surface area (Å²) < 4.78 is 2.73. The average molecular weight is 418 g/mol. The number of carbonyl (C=O) groups is 1. The fraction of sp³-hybridized carbons (Fsp3) is 0.278. The van der Waals surface area contributed by atoms with E-state index in [9.17, 15) is 9.59 Å². The molecule has 0 aliphatic carbocycles. The maximum Gasteiger partial charge on any atom is 0.266 e. The van der Waals surface area contributed by atoms with Crippen molar-refractivity contribution in [3.63, 3.8) is 0 Å². The minimum absolute atomic E-state index is 0.0233. The Balaban J connectivity index is 1.75. The number of thiophene rings is 1. The highest BCUT2D eigenvalue weighted by molar-refractivity contribution is 9.10. The molecule has 7 heteroatoms. The Morgan fingerprint density at radius 3 is 2.92 bits per heavy atom. The number of nitrogens with zero attached hydrogens (tertiary/aromatic N) is 2. The van der Waals surface area contributed by atoms with Crippen molar-refractivity contribution >= 4 is 49.1 Å². The normalized spacial score (nSPS) is 13.2. The van der Waals surface area contributed by atoms with Gasteiger partial charge in [0, 0.05) is 23.1 Å². The van der Waals surface area contributed by atoms with Gasteiger partial charge in [-0.2, -0.15) is 0 Å². The second-order valence-corrected chi connectivity index (χ2v) is 8.10. The number of benzene rings is 1. The predicted octanol–water partition coefficient (Wildman–Crippen LogP) is 4.04. The van der Waals surface area contributed by atoms with Crippen molar-refractivity contribution in [3.8, 4) is 0 Å². The molecule has 0 spiro atoms. The molecule has 0 saturated carbocycles. The highest BCUT2D eigenvalue weighted by Crippen LogP contribution is 2.29. The van der Waals surface area contributed by atoms with Crippen LogP contribution >= 0.6 is 27.3 Å². The van der Waals surface area contributed by atoms with E-state index in [1.54, 1.807) is 4.57 Å². The molecule has 4 rings (SSSR count). The summed E-state index contributed by atoms with van der Waals surface area (Å²) in [6, 6.07) is 5.66. The number of rotatable bonds is 2. The molecule has 3 heterocycles. The maximum absolute atomic E-state index is 12.7. The highest BCUT2D eigenvalue weighted by atomic mass is 79.9. The van der Waals surface area contributed by atoms with E-state index in [1.165, 1.54) is 11.3 Å². The third-order valence-corrected chi connectivity index (χ3v) is 6.61. The summed E-state index contributed by atoms with van der Waals surface area (Å²) in [6.45, 7) is 4.51. The van der Waals surface area contributed by atoms with Crippen LogP contribution in [0.2, 0.25) is 0 Å². The Labute approximate surface area is 156 Å². The first-order valence-corrected chi connectivity index (χ1v) is 9.67. The Morgan fingerprint density at radius 1 is 1.36 bits per heavy atom. The van der Waals surface area contributed by atoms with Gasteiger partial charge >= 0.3 is 0 Å². The second kappa shape index (κ2) is 6.07. The minimum Gasteiger partial charge on any atom is -0.321 e. The molecule has 0 radical (unpaired) electrons. The molecular weight excluding hydrogens is 402 g/mol. The van der Waals surface area contributed by atoms with Crippen LogP contribution in [0.15, 0.2) is 27.5 Å². The number of hydrogen-bond acceptors (Lipinski definition) is 4. The van der Waals surface area contributed by atoms with Crippen molar-refractivity contribution < 1.29 is 4.79 Å². The number of carbonyl (C=O) groups excluding carboxylic acids is 1. The van der Waals surface area contributed by atoms with E-state index in [0.29, 0.717) is 27.2 Å². The monoisotopic (exact) mass is 417 g/mol. The van der Waals surface area contributed by atoms with E-state index >= 15 is 0 Å². The second-order valence-electron chi connectivity index (χ2n) is 6.24. The number of aryl methyl sites for hydroxylation is 3. The lowest BCUT2D eigenvalue weighted by atomic mass is 10.2. The largest absolute Gasteiger partial charge is 0.321 e. The summed E-state index contributed by atoms with van der Waals surface area (Å²) in [5, 5.41) is 3.50. The molecule has 0 saturated heterocycles. The topological polar surface area (TPSA) is 64.0 Å². The Kier molecular flexibility index (Phi) is 4.00. The van der Waals surface area contributed by atoms with Gasteiger partial charge in [-0.3, -0.25) is 14.2 Å². The van der Waals surface area contributed by atoms with Crippen molar-refractivity contribution in [3.05, 3.63) is 54.9 Å². The van der Waals surface area contributed by atoms with Gasteiger partial charge in [-0.05, 0) is 49.6 Å². The molecule has 0 unspecified atom stereocenters. The van der Waals surface area contributed by atoms with Crippen molar-refractivity contribution in [1.82, 2.24) is 9.55 Å². The molecule has 0 atom stereocenters. The van der Waals surface area contributed by atoms with Crippen LogP contribution < -0.4 is 10.9 Å². The number of anilines is 1. The van der Waals surface area contributed by atoms with E-state index in [1.807, 2.05) is 32.0 Å². The number of halogens is 1. The third-order valence-electron chi connectivity index (χ3n) is 4.53. The number of fused-ring (bicyclic) bond motifs is 2. The molecule has 1 aromatic carbocycles. The Bertz CT molecular complexity index is 1080. The smallest absolute Gasteiger partial charge is 0.266 e. The quantitative estimate of drug-likeness (QED) is 0.684. The molecule has 1 N–H and O–H groups in total. The zero-order valence-corrected chi connectivity index (χ0v) is 16.3. The number of aromatic nitrogens is 2. The first kappa shape index (κ1) is 16.5. The molecule has 128 valence electrons. The van der Waals surface area contributed by atoms with Gasteiger partial charge < -0.3 is 5.32 Å². The van der Waals surface area contributed by atoms with Crippen LogP contribution in [0.4, 0.5) is 5.69 Å². The van der Waals surface area contributed by atoms with Gasteiger partial charge in [0.05, 0.1) is 10.3 Å². The number of nitrogens with one attached hydrogen (secondary N) is 1. The summed E-state index contributed by atoms with van der Waals surface area (Å²) in [5.41, 5.74) is 2.47. The van der Waals surface area contributed by atoms with E-state index in [-0.39, 0.29) is 11.5 Å². The van der Waals surface area contributed by atoms with Gasteiger partial charge in [0.25, 0.3) is 11.5 Å². The fourth-order valence-electron chi connectivity index (χ4n) is 3.20. The van der Waals surface area contributed by atoms with Gasteiger partial charge in [-0.25, -0.2) is 4.98 Å². The molecule has 1 aliphatic heterocycles. The van der Waals surface area contributed by atoms with Crippen LogP contribution in [-0.2, 0) is 13.0 Å². The number of hydrogen-bond donors (Lipinski definition) is 1. The van der Waals surface area contributed by atoms with Crippen molar-refractivity contribution in [2.45, 2.75) is 33.2 Å². The van der Waals surface area contributed by atoms with E-state index in [4.69, 9.17) is 0 Å². The minimum atomic E-state index is -0.202. The summed E-state index contributed by atoms with van der Waals surface area (Å²) in [6.07, 6.45) is 1.77. The van der Waals surface area contributed by atoms with E-state index in [0.717, 1.165) is 34.4 Å². The SMILES string of the molecule is Cc1cc(NC(=O)c2sc3nc4n(c(=O)c3c2C)CCC4)ccc1Br. The molecule has 5 nitrogen and oxygen atoms in total. The van der Waals surface area contributed by atoms with Gasteiger partial charge in [0.1, 0.15) is 10.7 Å². The maximum atomic E-state index is 12.7. The Hall–Kier alpha value is -1.99. The highest BCUT2D eigenvalue weighted by Gasteiger charge is 2.23. The van der Waals surface area contributed by atoms with Crippen molar-refractivity contribution in [2.24, 2.45) is 0 Å². The van der Waals surface area contributed by atoms with Crippen molar-refractivity contribution in [1.29, 1.82) is 0 Å². The van der Waals surface area contributed by atoms with Crippen LogP contribution in [0.3, 0.4) is 0 Å². The lowest BCUT2D eigenvalue weighted by molar-refractivity contribution is 0.103. The van der Waals surface area contributed by atoms with Gasteiger partial charge in [-0.15, -0.1) is 11.3 Å².